The second-order valence-electron chi connectivity index (χ2n) is 6.96. The number of anilines is 1. The maximum Gasteiger partial charge on any atom is 0.286 e. The molecule has 1 saturated heterocycles. The number of rotatable bonds is 5. The van der Waals surface area contributed by atoms with Gasteiger partial charge in [0.05, 0.1) is 18.6 Å². The van der Waals surface area contributed by atoms with Crippen LogP contribution in [0, 0.1) is 0 Å². The van der Waals surface area contributed by atoms with Crippen LogP contribution in [0.1, 0.15) is 12.5 Å². The van der Waals surface area contributed by atoms with Crippen LogP contribution in [0.5, 0.6) is 11.5 Å². The number of amidine groups is 1. The summed E-state index contributed by atoms with van der Waals surface area (Å²) in [5, 5.41) is 0.789. The third kappa shape index (κ3) is 4.46. The number of aliphatic imine (C=N–C) groups is 1. The second-order valence-corrected chi connectivity index (χ2v) is 7.97. The Labute approximate surface area is 181 Å². The number of nitrogens with zero attached hydrogens (tertiary/aromatic N) is 3. The van der Waals surface area contributed by atoms with Gasteiger partial charge in [-0.2, -0.15) is 4.99 Å². The average Bonchev–Trinajstić information content (AvgIpc) is 3.16. The Morgan fingerprint density at radius 3 is 2.47 bits per heavy atom. The molecule has 2 aromatic carbocycles. The van der Waals surface area contributed by atoms with Gasteiger partial charge in [0.15, 0.2) is 16.7 Å². The van der Waals surface area contributed by atoms with E-state index in [0.717, 1.165) is 36.9 Å². The van der Waals surface area contributed by atoms with E-state index in [9.17, 15) is 4.79 Å². The van der Waals surface area contributed by atoms with Crippen LogP contribution in [0.3, 0.4) is 0 Å². The molecule has 4 rings (SSSR count). The van der Waals surface area contributed by atoms with E-state index in [4.69, 9.17) is 9.47 Å². The highest BCUT2D eigenvalue weighted by atomic mass is 32.2. The molecule has 2 aliphatic heterocycles. The van der Waals surface area contributed by atoms with Crippen LogP contribution in [0.2, 0.25) is 0 Å². The fraction of sp³-hybridized carbons (Fsp3) is 0.304. The third-order valence-electron chi connectivity index (χ3n) is 5.07. The van der Waals surface area contributed by atoms with Crippen LogP contribution < -0.4 is 14.4 Å². The van der Waals surface area contributed by atoms with E-state index < -0.39 is 0 Å². The first-order chi connectivity index (χ1) is 14.7. The van der Waals surface area contributed by atoms with Crippen molar-refractivity contribution >= 4 is 34.6 Å². The number of thioether (sulfide) groups is 1. The fourth-order valence-corrected chi connectivity index (χ4v) is 4.49. The summed E-state index contributed by atoms with van der Waals surface area (Å²) in [5.41, 5.74) is 2.12. The summed E-state index contributed by atoms with van der Waals surface area (Å²) >= 11 is 1.44. The minimum absolute atomic E-state index is 0.187. The van der Waals surface area contributed by atoms with Crippen LogP contribution >= 0.6 is 11.8 Å². The number of piperazine rings is 1. The molecule has 0 atom stereocenters. The van der Waals surface area contributed by atoms with Gasteiger partial charge >= 0.3 is 0 Å². The topological polar surface area (TPSA) is 54.4 Å². The molecule has 2 heterocycles. The number of hydrogen-bond acceptors (Lipinski definition) is 6. The smallest absolute Gasteiger partial charge is 0.286 e. The lowest BCUT2D eigenvalue weighted by atomic mass is 10.2. The lowest BCUT2D eigenvalue weighted by molar-refractivity contribution is -0.113. The maximum absolute atomic E-state index is 12.5. The lowest BCUT2D eigenvalue weighted by Crippen LogP contribution is -2.47. The molecule has 30 heavy (non-hydrogen) atoms. The second kappa shape index (κ2) is 9.26. The summed E-state index contributed by atoms with van der Waals surface area (Å²) in [4.78, 5) is 22.0. The molecule has 0 aliphatic carbocycles. The highest BCUT2D eigenvalue weighted by Crippen LogP contribution is 2.33. The predicted molar refractivity (Wildman–Crippen MR) is 122 cm³/mol. The Morgan fingerprint density at radius 1 is 1.03 bits per heavy atom. The van der Waals surface area contributed by atoms with Crippen LogP contribution in [0.4, 0.5) is 5.69 Å². The number of hydrogen-bond donors (Lipinski definition) is 0. The van der Waals surface area contributed by atoms with Gasteiger partial charge in [0.2, 0.25) is 0 Å². The number of methoxy groups -OCH3 is 1. The summed E-state index contributed by atoms with van der Waals surface area (Å²) in [6, 6.07) is 16.1. The number of benzene rings is 2. The Kier molecular flexibility index (Phi) is 6.28. The molecule has 1 fully saturated rings. The van der Waals surface area contributed by atoms with E-state index in [0.29, 0.717) is 23.0 Å². The maximum atomic E-state index is 12.5. The van der Waals surface area contributed by atoms with Gasteiger partial charge in [0.25, 0.3) is 5.91 Å². The minimum Gasteiger partial charge on any atom is -0.493 e. The first-order valence-electron chi connectivity index (χ1n) is 10.1. The number of carbonyl (C=O) groups is 1. The van der Waals surface area contributed by atoms with Crippen LogP contribution in [0.25, 0.3) is 6.08 Å². The van der Waals surface area contributed by atoms with E-state index in [-0.39, 0.29) is 5.91 Å². The molecule has 0 radical (unpaired) electrons. The predicted octanol–water partition coefficient (Wildman–Crippen LogP) is 3.89. The summed E-state index contributed by atoms with van der Waals surface area (Å²) in [6.07, 6.45) is 1.86. The summed E-state index contributed by atoms with van der Waals surface area (Å²) < 4.78 is 11.0. The van der Waals surface area contributed by atoms with Crippen molar-refractivity contribution < 1.29 is 14.3 Å². The molecule has 6 nitrogen and oxygen atoms in total. The van der Waals surface area contributed by atoms with Gasteiger partial charge in [-0.15, -0.1) is 0 Å². The monoisotopic (exact) mass is 423 g/mol. The SMILES string of the molecule is CCOc1ccc(C=C2SC(N3CCN(c4ccccc4)CC3)=NC2=O)cc1OC. The first-order valence-corrected chi connectivity index (χ1v) is 10.9. The molecule has 7 heteroatoms. The van der Waals surface area contributed by atoms with Crippen molar-refractivity contribution in [2.45, 2.75) is 6.92 Å². The number of ether oxygens (including phenoxy) is 2. The molecule has 0 bridgehead atoms. The molecule has 1 amide bonds. The third-order valence-corrected chi connectivity index (χ3v) is 6.11. The van der Waals surface area contributed by atoms with Gasteiger partial charge in [0.1, 0.15) is 0 Å². The highest BCUT2D eigenvalue weighted by molar-refractivity contribution is 8.18. The van der Waals surface area contributed by atoms with Crippen molar-refractivity contribution in [2.75, 3.05) is 44.8 Å². The Balaban J connectivity index is 1.41. The van der Waals surface area contributed by atoms with Gasteiger partial charge in [-0.3, -0.25) is 4.79 Å². The first kappa shape index (κ1) is 20.3. The Morgan fingerprint density at radius 2 is 1.77 bits per heavy atom. The molecule has 0 unspecified atom stereocenters. The summed E-state index contributed by atoms with van der Waals surface area (Å²) in [5.74, 6) is 1.16. The Hall–Kier alpha value is -2.93. The van der Waals surface area contributed by atoms with Crippen LogP contribution in [-0.4, -0.2) is 55.9 Å². The molecule has 2 aromatic rings. The molecule has 156 valence electrons. The molecule has 0 aromatic heterocycles. The Bertz CT molecular complexity index is 967. The molecule has 2 aliphatic rings. The van der Waals surface area contributed by atoms with E-state index in [2.05, 4.69) is 39.1 Å². The number of carbonyl (C=O) groups excluding carboxylic acids is 1. The number of amides is 1. The lowest BCUT2D eigenvalue weighted by Gasteiger charge is -2.36. The van der Waals surface area contributed by atoms with E-state index in [1.807, 2.05) is 37.3 Å². The molecule has 0 spiro atoms. The van der Waals surface area contributed by atoms with E-state index in [1.165, 1.54) is 17.4 Å². The zero-order valence-corrected chi connectivity index (χ0v) is 18.0. The van der Waals surface area contributed by atoms with Crippen molar-refractivity contribution in [3.63, 3.8) is 0 Å². The van der Waals surface area contributed by atoms with Crippen molar-refractivity contribution in [1.82, 2.24) is 4.90 Å². The van der Waals surface area contributed by atoms with Crippen molar-refractivity contribution in [3.8, 4) is 11.5 Å². The molecular formula is C23H25N3O3S. The highest BCUT2D eigenvalue weighted by Gasteiger charge is 2.28. The largest absolute Gasteiger partial charge is 0.493 e. The zero-order chi connectivity index (χ0) is 20.9. The molecular weight excluding hydrogens is 398 g/mol. The van der Waals surface area contributed by atoms with Crippen LogP contribution in [0.15, 0.2) is 58.4 Å². The minimum atomic E-state index is -0.187. The van der Waals surface area contributed by atoms with Gasteiger partial charge in [0, 0.05) is 31.9 Å². The standard InChI is InChI=1S/C23H25N3O3S/c1-3-29-19-10-9-17(15-20(19)28-2)16-21-22(27)24-23(30-21)26-13-11-25(12-14-26)18-7-5-4-6-8-18/h4-10,15-16H,3,11-14H2,1-2H3. The van der Waals surface area contributed by atoms with Crippen LogP contribution in [-0.2, 0) is 4.79 Å². The van der Waals surface area contributed by atoms with Gasteiger partial charge in [-0.05, 0) is 54.6 Å². The summed E-state index contributed by atoms with van der Waals surface area (Å²) in [7, 11) is 1.61. The zero-order valence-electron chi connectivity index (χ0n) is 17.2. The van der Waals surface area contributed by atoms with Crippen molar-refractivity contribution in [3.05, 3.63) is 59.0 Å². The molecule has 0 saturated carbocycles. The van der Waals surface area contributed by atoms with E-state index >= 15 is 0 Å². The summed E-state index contributed by atoms with van der Waals surface area (Å²) in [6.45, 7) is 6.01. The van der Waals surface area contributed by atoms with Gasteiger partial charge in [-0.1, -0.05) is 24.3 Å². The molecule has 0 N–H and O–H groups in total. The normalized spacial score (nSPS) is 18.0. The van der Waals surface area contributed by atoms with E-state index in [1.54, 1.807) is 7.11 Å². The number of para-hydroxylation sites is 1. The van der Waals surface area contributed by atoms with Gasteiger partial charge in [-0.25, -0.2) is 0 Å². The average molecular weight is 424 g/mol. The van der Waals surface area contributed by atoms with Crippen molar-refractivity contribution in [2.24, 2.45) is 4.99 Å². The fourth-order valence-electron chi connectivity index (χ4n) is 3.53. The van der Waals surface area contributed by atoms with Crippen molar-refractivity contribution in [1.29, 1.82) is 0 Å². The van der Waals surface area contributed by atoms with Gasteiger partial charge < -0.3 is 19.3 Å². The quantitative estimate of drug-likeness (QED) is 0.680.